The van der Waals surface area contributed by atoms with Crippen LogP contribution in [0, 0.1) is 0 Å². The van der Waals surface area contributed by atoms with E-state index in [4.69, 9.17) is 4.74 Å². The lowest BCUT2D eigenvalue weighted by Gasteiger charge is -2.04. The zero-order valence-electron chi connectivity index (χ0n) is 9.18. The molecule has 0 atom stereocenters. The minimum atomic E-state index is -0.253. The summed E-state index contributed by atoms with van der Waals surface area (Å²) in [5.41, 5.74) is 1.66. The Bertz CT molecular complexity index is 544. The van der Waals surface area contributed by atoms with Crippen LogP contribution >= 0.6 is 0 Å². The highest BCUT2D eigenvalue weighted by Gasteiger charge is 2.00. The molecule has 1 aromatic heterocycles. The topological polar surface area (TPSA) is 44.1 Å². The van der Waals surface area contributed by atoms with E-state index in [-0.39, 0.29) is 5.69 Å². The van der Waals surface area contributed by atoms with E-state index in [0.29, 0.717) is 0 Å². The Morgan fingerprint density at radius 1 is 1.19 bits per heavy atom. The van der Waals surface area contributed by atoms with Crippen molar-refractivity contribution in [1.29, 1.82) is 0 Å². The van der Waals surface area contributed by atoms with Gasteiger partial charge in [-0.05, 0) is 17.7 Å². The van der Waals surface area contributed by atoms with Crippen LogP contribution in [0.4, 0.5) is 0 Å². The van der Waals surface area contributed by atoms with Gasteiger partial charge >= 0.3 is 5.69 Å². The molecule has 0 aliphatic heterocycles. The summed E-state index contributed by atoms with van der Waals surface area (Å²) >= 11 is 0. The maximum absolute atomic E-state index is 11.1. The maximum atomic E-state index is 11.1. The number of rotatable bonds is 2. The molecule has 0 amide bonds. The van der Waals surface area contributed by atoms with E-state index in [9.17, 15) is 4.79 Å². The fourth-order valence-electron chi connectivity index (χ4n) is 1.45. The number of aromatic nitrogens is 2. The Labute approximate surface area is 93.1 Å². The van der Waals surface area contributed by atoms with E-state index in [1.807, 2.05) is 24.3 Å². The zero-order valence-corrected chi connectivity index (χ0v) is 9.18. The van der Waals surface area contributed by atoms with Crippen molar-refractivity contribution >= 4 is 0 Å². The summed E-state index contributed by atoms with van der Waals surface area (Å²) < 4.78 is 6.53. The van der Waals surface area contributed by atoms with E-state index in [0.717, 1.165) is 16.9 Å². The van der Waals surface area contributed by atoms with Gasteiger partial charge < -0.3 is 9.30 Å². The average Bonchev–Trinajstić information content (AvgIpc) is 2.33. The van der Waals surface area contributed by atoms with Crippen LogP contribution in [0.5, 0.6) is 5.75 Å². The molecule has 0 bridgehead atoms. The molecule has 82 valence electrons. The van der Waals surface area contributed by atoms with Crippen molar-refractivity contribution in [3.63, 3.8) is 0 Å². The first-order valence-corrected chi connectivity index (χ1v) is 4.88. The van der Waals surface area contributed by atoms with Gasteiger partial charge in [0.15, 0.2) is 0 Å². The molecule has 4 heteroatoms. The number of hydrogen-bond acceptors (Lipinski definition) is 3. The van der Waals surface area contributed by atoms with E-state index in [1.54, 1.807) is 26.6 Å². The Balaban J connectivity index is 2.42. The van der Waals surface area contributed by atoms with Gasteiger partial charge in [0.1, 0.15) is 5.75 Å². The predicted molar refractivity (Wildman–Crippen MR) is 61.5 cm³/mol. The second kappa shape index (κ2) is 4.18. The fourth-order valence-corrected chi connectivity index (χ4v) is 1.45. The van der Waals surface area contributed by atoms with Crippen LogP contribution in [-0.4, -0.2) is 16.7 Å². The molecule has 2 rings (SSSR count). The number of nitrogens with zero attached hydrogens (tertiary/aromatic N) is 2. The van der Waals surface area contributed by atoms with Crippen molar-refractivity contribution < 1.29 is 4.74 Å². The number of ether oxygens (including phenoxy) is 1. The molecule has 1 heterocycles. The molecule has 0 aliphatic rings. The van der Waals surface area contributed by atoms with Crippen molar-refractivity contribution in [2.45, 2.75) is 0 Å². The highest BCUT2D eigenvalue weighted by molar-refractivity contribution is 5.62. The fraction of sp³-hybridized carbons (Fsp3) is 0.167. The van der Waals surface area contributed by atoms with Crippen molar-refractivity contribution in [2.75, 3.05) is 7.11 Å². The summed E-state index contributed by atoms with van der Waals surface area (Å²) in [7, 11) is 3.31. The van der Waals surface area contributed by atoms with Gasteiger partial charge in [-0.1, -0.05) is 12.1 Å². The van der Waals surface area contributed by atoms with Gasteiger partial charge in [0.2, 0.25) is 0 Å². The van der Waals surface area contributed by atoms with E-state index >= 15 is 0 Å². The molecule has 0 radical (unpaired) electrons. The minimum absolute atomic E-state index is 0.253. The third-order valence-corrected chi connectivity index (χ3v) is 2.37. The third-order valence-electron chi connectivity index (χ3n) is 2.37. The number of methoxy groups -OCH3 is 1. The number of aryl methyl sites for hydroxylation is 1. The lowest BCUT2D eigenvalue weighted by atomic mass is 10.1. The van der Waals surface area contributed by atoms with Gasteiger partial charge in [0.05, 0.1) is 7.11 Å². The van der Waals surface area contributed by atoms with Crippen molar-refractivity contribution in [2.24, 2.45) is 7.05 Å². The van der Waals surface area contributed by atoms with E-state index in [1.165, 1.54) is 4.57 Å². The Kier molecular flexibility index (Phi) is 2.72. The van der Waals surface area contributed by atoms with Gasteiger partial charge in [-0.25, -0.2) is 9.78 Å². The second-order valence-corrected chi connectivity index (χ2v) is 3.46. The van der Waals surface area contributed by atoms with Crippen LogP contribution < -0.4 is 10.4 Å². The first-order valence-electron chi connectivity index (χ1n) is 4.88. The Morgan fingerprint density at radius 3 is 2.44 bits per heavy atom. The molecule has 0 spiro atoms. The number of hydrogen-bond donors (Lipinski definition) is 0. The molecular weight excluding hydrogens is 204 g/mol. The minimum Gasteiger partial charge on any atom is -0.497 e. The molecule has 16 heavy (non-hydrogen) atoms. The van der Waals surface area contributed by atoms with Gasteiger partial charge in [0.25, 0.3) is 0 Å². The standard InChI is InChI=1S/C12H12N2O2/c1-14-8-10(7-13-12(14)15)9-3-5-11(16-2)6-4-9/h3-8H,1-2H3. The van der Waals surface area contributed by atoms with E-state index in [2.05, 4.69) is 4.98 Å². The molecule has 0 N–H and O–H groups in total. The first kappa shape index (κ1) is 10.4. The summed E-state index contributed by atoms with van der Waals surface area (Å²) in [5.74, 6) is 0.807. The normalized spacial score (nSPS) is 10.1. The first-order chi connectivity index (χ1) is 7.70. The molecule has 2 aromatic rings. The lowest BCUT2D eigenvalue weighted by Crippen LogP contribution is -2.18. The van der Waals surface area contributed by atoms with Crippen LogP contribution in [0.3, 0.4) is 0 Å². The summed E-state index contributed by atoms with van der Waals surface area (Å²) in [6.45, 7) is 0. The molecule has 0 saturated carbocycles. The van der Waals surface area contributed by atoms with Gasteiger partial charge in [-0.15, -0.1) is 0 Å². The van der Waals surface area contributed by atoms with E-state index < -0.39 is 0 Å². The predicted octanol–water partition coefficient (Wildman–Crippen LogP) is 1.46. The third kappa shape index (κ3) is 1.95. The van der Waals surface area contributed by atoms with Gasteiger partial charge in [-0.2, -0.15) is 0 Å². The zero-order chi connectivity index (χ0) is 11.5. The highest BCUT2D eigenvalue weighted by atomic mass is 16.5. The molecule has 4 nitrogen and oxygen atoms in total. The smallest absolute Gasteiger partial charge is 0.347 e. The van der Waals surface area contributed by atoms with Crippen molar-refractivity contribution in [3.8, 4) is 16.9 Å². The molecular formula is C12H12N2O2. The summed E-state index contributed by atoms with van der Waals surface area (Å²) in [4.78, 5) is 14.9. The summed E-state index contributed by atoms with van der Waals surface area (Å²) in [5, 5.41) is 0. The highest BCUT2D eigenvalue weighted by Crippen LogP contribution is 2.20. The average molecular weight is 216 g/mol. The largest absolute Gasteiger partial charge is 0.497 e. The Hall–Kier alpha value is -2.10. The molecule has 0 aliphatic carbocycles. The van der Waals surface area contributed by atoms with Gasteiger partial charge in [0, 0.05) is 25.0 Å². The molecule has 0 saturated heterocycles. The quantitative estimate of drug-likeness (QED) is 0.763. The summed E-state index contributed by atoms with van der Waals surface area (Å²) in [6, 6.07) is 7.61. The molecule has 0 unspecified atom stereocenters. The van der Waals surface area contributed by atoms with Crippen molar-refractivity contribution in [1.82, 2.24) is 9.55 Å². The van der Waals surface area contributed by atoms with Crippen LogP contribution in [-0.2, 0) is 7.05 Å². The maximum Gasteiger partial charge on any atom is 0.347 e. The summed E-state index contributed by atoms with van der Waals surface area (Å²) in [6.07, 6.45) is 3.33. The van der Waals surface area contributed by atoms with Gasteiger partial charge in [-0.3, -0.25) is 0 Å². The monoisotopic (exact) mass is 216 g/mol. The second-order valence-electron chi connectivity index (χ2n) is 3.46. The SMILES string of the molecule is COc1ccc(-c2cnc(=O)n(C)c2)cc1. The van der Waals surface area contributed by atoms with Crippen LogP contribution in [0.1, 0.15) is 0 Å². The van der Waals surface area contributed by atoms with Crippen LogP contribution in [0.15, 0.2) is 41.5 Å². The number of benzene rings is 1. The van der Waals surface area contributed by atoms with Crippen LogP contribution in [0.25, 0.3) is 11.1 Å². The van der Waals surface area contributed by atoms with Crippen LogP contribution in [0.2, 0.25) is 0 Å². The lowest BCUT2D eigenvalue weighted by molar-refractivity contribution is 0.415. The molecule has 0 fully saturated rings. The Morgan fingerprint density at radius 2 is 1.88 bits per heavy atom. The van der Waals surface area contributed by atoms with Crippen molar-refractivity contribution in [3.05, 3.63) is 47.1 Å². The molecule has 1 aromatic carbocycles.